The lowest BCUT2D eigenvalue weighted by Crippen LogP contribution is -2.60. The standard InChI is InChI=1S/C14H28N2OS/c1-12-14(11-15,6-4-8-18-12)16(2)9-13-5-3-7-17-10-13/h12-13H,3-11,15H2,1-2H3. The van der Waals surface area contributed by atoms with Gasteiger partial charge in [-0.05, 0) is 44.4 Å². The Bertz CT molecular complexity index is 258. The number of hydrogen-bond donors (Lipinski definition) is 1. The van der Waals surface area contributed by atoms with Crippen molar-refractivity contribution < 1.29 is 4.74 Å². The van der Waals surface area contributed by atoms with Crippen molar-refractivity contribution in [2.75, 3.05) is 39.1 Å². The highest BCUT2D eigenvalue weighted by Gasteiger charge is 2.41. The zero-order valence-corrected chi connectivity index (χ0v) is 12.7. The van der Waals surface area contributed by atoms with Crippen LogP contribution in [0.15, 0.2) is 0 Å². The van der Waals surface area contributed by atoms with Crippen LogP contribution >= 0.6 is 11.8 Å². The normalized spacial score (nSPS) is 38.0. The number of rotatable bonds is 4. The molecule has 18 heavy (non-hydrogen) atoms. The van der Waals surface area contributed by atoms with Crippen molar-refractivity contribution in [2.24, 2.45) is 11.7 Å². The van der Waals surface area contributed by atoms with E-state index in [4.69, 9.17) is 10.5 Å². The van der Waals surface area contributed by atoms with Crippen LogP contribution in [-0.2, 0) is 4.74 Å². The summed E-state index contributed by atoms with van der Waals surface area (Å²) in [7, 11) is 2.27. The van der Waals surface area contributed by atoms with Gasteiger partial charge in [-0.1, -0.05) is 6.92 Å². The molecule has 0 aromatic heterocycles. The lowest BCUT2D eigenvalue weighted by molar-refractivity contribution is 0.0176. The van der Waals surface area contributed by atoms with Crippen molar-refractivity contribution in [3.63, 3.8) is 0 Å². The molecule has 106 valence electrons. The lowest BCUT2D eigenvalue weighted by Gasteiger charge is -2.49. The fourth-order valence-corrected chi connectivity index (χ4v) is 4.81. The molecule has 2 aliphatic rings. The number of likely N-dealkylation sites (N-methyl/N-ethyl adjacent to an activating group) is 1. The maximum atomic E-state index is 6.15. The number of nitrogens with zero attached hydrogens (tertiary/aromatic N) is 1. The first-order chi connectivity index (χ1) is 8.69. The molecule has 0 radical (unpaired) electrons. The quantitative estimate of drug-likeness (QED) is 0.849. The maximum absolute atomic E-state index is 6.15. The summed E-state index contributed by atoms with van der Waals surface area (Å²) in [6.45, 7) is 6.17. The summed E-state index contributed by atoms with van der Waals surface area (Å²) in [4.78, 5) is 2.54. The molecule has 4 heteroatoms. The third-order valence-electron chi connectivity index (χ3n) is 4.78. The molecule has 2 heterocycles. The molecule has 2 fully saturated rings. The van der Waals surface area contributed by atoms with Gasteiger partial charge in [0.1, 0.15) is 0 Å². The second-order valence-corrected chi connectivity index (χ2v) is 7.34. The Kier molecular flexibility index (Phi) is 5.36. The van der Waals surface area contributed by atoms with Gasteiger partial charge in [-0.3, -0.25) is 4.90 Å². The highest BCUT2D eigenvalue weighted by atomic mass is 32.2. The average Bonchev–Trinajstić information content (AvgIpc) is 2.40. The minimum absolute atomic E-state index is 0.209. The van der Waals surface area contributed by atoms with Gasteiger partial charge < -0.3 is 10.5 Å². The number of thioether (sulfide) groups is 1. The molecule has 0 spiro atoms. The molecular weight excluding hydrogens is 244 g/mol. The minimum atomic E-state index is 0.209. The molecule has 0 aliphatic carbocycles. The van der Waals surface area contributed by atoms with Crippen LogP contribution < -0.4 is 5.73 Å². The molecular formula is C14H28N2OS. The summed E-state index contributed by atoms with van der Waals surface area (Å²) < 4.78 is 5.60. The molecule has 2 N–H and O–H groups in total. The Hall–Kier alpha value is 0.230. The molecule has 2 rings (SSSR count). The van der Waals surface area contributed by atoms with Crippen LogP contribution in [0.25, 0.3) is 0 Å². The van der Waals surface area contributed by atoms with E-state index < -0.39 is 0 Å². The zero-order valence-electron chi connectivity index (χ0n) is 11.9. The van der Waals surface area contributed by atoms with Crippen molar-refractivity contribution in [3.05, 3.63) is 0 Å². The van der Waals surface area contributed by atoms with E-state index in [0.717, 1.165) is 26.3 Å². The van der Waals surface area contributed by atoms with Gasteiger partial charge in [0.2, 0.25) is 0 Å². The summed E-state index contributed by atoms with van der Waals surface area (Å²) in [6.07, 6.45) is 5.09. The zero-order chi connectivity index (χ0) is 13.0. The molecule has 3 atom stereocenters. The Morgan fingerprint density at radius 1 is 1.44 bits per heavy atom. The summed E-state index contributed by atoms with van der Waals surface area (Å²) in [6, 6.07) is 0. The van der Waals surface area contributed by atoms with Crippen LogP contribution in [0.2, 0.25) is 0 Å². The Labute approximate surface area is 116 Å². The second kappa shape index (κ2) is 6.60. The first-order valence-corrected chi connectivity index (χ1v) is 8.34. The molecule has 0 aromatic rings. The van der Waals surface area contributed by atoms with Gasteiger partial charge >= 0.3 is 0 Å². The first kappa shape index (κ1) is 14.6. The third-order valence-corrected chi connectivity index (χ3v) is 6.24. The van der Waals surface area contributed by atoms with E-state index in [2.05, 4.69) is 30.6 Å². The van der Waals surface area contributed by atoms with E-state index >= 15 is 0 Å². The Morgan fingerprint density at radius 3 is 2.89 bits per heavy atom. The van der Waals surface area contributed by atoms with Crippen molar-refractivity contribution in [1.82, 2.24) is 4.90 Å². The van der Waals surface area contributed by atoms with Crippen LogP contribution in [-0.4, -0.2) is 54.8 Å². The Morgan fingerprint density at radius 2 is 2.28 bits per heavy atom. The van der Waals surface area contributed by atoms with Gasteiger partial charge in [0.05, 0.1) is 6.61 Å². The van der Waals surface area contributed by atoms with Gasteiger partial charge in [0, 0.05) is 30.5 Å². The number of nitrogens with two attached hydrogens (primary N) is 1. The summed E-state index contributed by atoms with van der Waals surface area (Å²) in [5.41, 5.74) is 6.36. The SMILES string of the molecule is CC1SCCCC1(CN)N(C)CC1CCCOC1. The molecule has 2 saturated heterocycles. The van der Waals surface area contributed by atoms with Crippen LogP contribution in [0.3, 0.4) is 0 Å². The molecule has 0 amide bonds. The van der Waals surface area contributed by atoms with Crippen molar-refractivity contribution in [2.45, 2.75) is 43.4 Å². The molecule has 3 nitrogen and oxygen atoms in total. The monoisotopic (exact) mass is 272 g/mol. The van der Waals surface area contributed by atoms with Crippen molar-refractivity contribution in [1.29, 1.82) is 0 Å². The Balaban J connectivity index is 1.97. The van der Waals surface area contributed by atoms with Crippen molar-refractivity contribution >= 4 is 11.8 Å². The molecule has 0 bridgehead atoms. The smallest absolute Gasteiger partial charge is 0.0506 e. The van der Waals surface area contributed by atoms with Crippen LogP contribution in [0.5, 0.6) is 0 Å². The molecule has 0 saturated carbocycles. The van der Waals surface area contributed by atoms with Gasteiger partial charge in [0.25, 0.3) is 0 Å². The van der Waals surface area contributed by atoms with E-state index in [9.17, 15) is 0 Å². The predicted molar refractivity (Wildman–Crippen MR) is 79.1 cm³/mol. The van der Waals surface area contributed by atoms with E-state index in [-0.39, 0.29) is 5.54 Å². The molecule has 2 aliphatic heterocycles. The second-order valence-electron chi connectivity index (χ2n) is 5.89. The maximum Gasteiger partial charge on any atom is 0.0506 e. The summed E-state index contributed by atoms with van der Waals surface area (Å²) in [5, 5.41) is 0.644. The van der Waals surface area contributed by atoms with Crippen LogP contribution in [0.1, 0.15) is 32.6 Å². The predicted octanol–water partition coefficient (Wildman–Crippen LogP) is 1.96. The fraction of sp³-hybridized carbons (Fsp3) is 1.00. The average molecular weight is 272 g/mol. The summed E-state index contributed by atoms with van der Waals surface area (Å²) in [5.74, 6) is 2.00. The van der Waals surface area contributed by atoms with E-state index in [1.54, 1.807) is 0 Å². The third kappa shape index (κ3) is 3.03. The topological polar surface area (TPSA) is 38.5 Å². The molecule has 3 unspecified atom stereocenters. The van der Waals surface area contributed by atoms with Gasteiger partial charge in [-0.25, -0.2) is 0 Å². The lowest BCUT2D eigenvalue weighted by atomic mass is 9.86. The van der Waals surface area contributed by atoms with E-state index in [1.165, 1.54) is 31.4 Å². The largest absolute Gasteiger partial charge is 0.381 e. The highest BCUT2D eigenvalue weighted by Crippen LogP contribution is 2.37. The summed E-state index contributed by atoms with van der Waals surface area (Å²) >= 11 is 2.09. The van der Waals surface area contributed by atoms with Crippen molar-refractivity contribution in [3.8, 4) is 0 Å². The molecule has 0 aromatic carbocycles. The van der Waals surface area contributed by atoms with Crippen LogP contribution in [0.4, 0.5) is 0 Å². The highest BCUT2D eigenvalue weighted by molar-refractivity contribution is 8.00. The van der Waals surface area contributed by atoms with Gasteiger partial charge in [0.15, 0.2) is 0 Å². The minimum Gasteiger partial charge on any atom is -0.381 e. The van der Waals surface area contributed by atoms with Crippen LogP contribution in [0, 0.1) is 5.92 Å². The van der Waals surface area contributed by atoms with E-state index in [0.29, 0.717) is 11.2 Å². The van der Waals surface area contributed by atoms with Gasteiger partial charge in [-0.15, -0.1) is 0 Å². The first-order valence-electron chi connectivity index (χ1n) is 7.29. The fourth-order valence-electron chi connectivity index (χ4n) is 3.44. The number of hydrogen-bond acceptors (Lipinski definition) is 4. The number of ether oxygens (including phenoxy) is 1. The van der Waals surface area contributed by atoms with Gasteiger partial charge in [-0.2, -0.15) is 11.8 Å². The van der Waals surface area contributed by atoms with E-state index in [1.807, 2.05) is 0 Å².